The molecule has 5 aromatic rings. The van der Waals surface area contributed by atoms with E-state index < -0.39 is 35.2 Å². The van der Waals surface area contributed by atoms with Gasteiger partial charge < -0.3 is 34.7 Å². The average Bonchev–Trinajstić information content (AvgIpc) is 3.85. The van der Waals surface area contributed by atoms with Crippen LogP contribution in [0, 0.1) is 0 Å². The molecule has 0 saturated carbocycles. The number of ketones is 1. The predicted molar refractivity (Wildman–Crippen MR) is 189 cm³/mol. The van der Waals surface area contributed by atoms with Crippen LogP contribution in [-0.4, -0.2) is 71.9 Å². The fourth-order valence-electron chi connectivity index (χ4n) is 7.42. The number of carbonyl (C=O) groups is 1. The summed E-state index contributed by atoms with van der Waals surface area (Å²) in [6, 6.07) is 33.8. The number of Topliss-reactive ketones (excluding diaryl/α,β-unsaturated/α-hetero) is 1. The Labute approximate surface area is 294 Å². The van der Waals surface area contributed by atoms with Crippen molar-refractivity contribution in [2.24, 2.45) is 10.7 Å². The fourth-order valence-corrected chi connectivity index (χ4v) is 7.42. The summed E-state index contributed by atoms with van der Waals surface area (Å²) in [5, 5.41) is 18.2. The van der Waals surface area contributed by atoms with Gasteiger partial charge in [-0.2, -0.15) is 0 Å². The van der Waals surface area contributed by atoms with Crippen molar-refractivity contribution in [2.75, 3.05) is 27.4 Å². The molecule has 51 heavy (non-hydrogen) atoms. The van der Waals surface area contributed by atoms with Gasteiger partial charge in [-0.3, -0.25) is 15.1 Å². The molecule has 0 amide bonds. The van der Waals surface area contributed by atoms with Crippen molar-refractivity contribution in [1.29, 1.82) is 0 Å². The van der Waals surface area contributed by atoms with Gasteiger partial charge in [0.1, 0.15) is 34.5 Å². The lowest BCUT2D eigenvalue weighted by molar-refractivity contribution is -0.161. The molecule has 0 spiro atoms. The van der Waals surface area contributed by atoms with Crippen LogP contribution >= 0.6 is 0 Å². The van der Waals surface area contributed by atoms with E-state index in [1.165, 1.54) is 6.34 Å². The van der Waals surface area contributed by atoms with Crippen LogP contribution in [0.15, 0.2) is 121 Å². The molecule has 3 aliphatic rings. The summed E-state index contributed by atoms with van der Waals surface area (Å²) < 4.78 is 26.6. The third-order valence-corrected chi connectivity index (χ3v) is 10.2. The van der Waals surface area contributed by atoms with Crippen LogP contribution in [-0.2, 0) is 20.7 Å². The summed E-state index contributed by atoms with van der Waals surface area (Å²) in [5.41, 5.74) is 6.09. The Morgan fingerprint density at radius 3 is 2.12 bits per heavy atom. The maximum Gasteiger partial charge on any atom is 0.209 e. The number of ether oxygens (including phenoxy) is 4. The van der Waals surface area contributed by atoms with Crippen LogP contribution in [0.1, 0.15) is 39.0 Å². The number of hydrogen-bond acceptors (Lipinski definition) is 11. The van der Waals surface area contributed by atoms with Crippen molar-refractivity contribution in [3.63, 3.8) is 0 Å². The molecule has 260 valence electrons. The van der Waals surface area contributed by atoms with Crippen LogP contribution < -0.4 is 25.8 Å². The third-order valence-electron chi connectivity index (χ3n) is 10.2. The van der Waals surface area contributed by atoms with Gasteiger partial charge in [0, 0.05) is 12.1 Å². The molecule has 1 aromatic heterocycles. The Bertz CT molecular complexity index is 2010. The number of hydrogen-bond donors (Lipinski definition) is 4. The Hall–Kier alpha value is -5.37. The number of nitrogens with two attached hydrogens (primary N) is 1. The van der Waals surface area contributed by atoms with Gasteiger partial charge in [-0.1, -0.05) is 84.9 Å². The Kier molecular flexibility index (Phi) is 8.20. The first-order valence-corrected chi connectivity index (χ1v) is 16.7. The number of benzene rings is 4. The lowest BCUT2D eigenvalue weighted by Crippen LogP contribution is -2.57. The van der Waals surface area contributed by atoms with Crippen LogP contribution in [0.3, 0.4) is 0 Å². The lowest BCUT2D eigenvalue weighted by atomic mass is 9.79. The minimum absolute atomic E-state index is 0.0101. The number of aliphatic imine (C=N–C) groups is 1. The van der Waals surface area contributed by atoms with E-state index in [1.807, 2.05) is 84.9 Å². The topological polar surface area (TPSA) is 154 Å². The molecule has 0 aliphatic carbocycles. The molecule has 4 heterocycles. The number of methoxy groups -OCH3 is 2. The summed E-state index contributed by atoms with van der Waals surface area (Å²) in [4.78, 5) is 22.7. The van der Waals surface area contributed by atoms with Gasteiger partial charge in [-0.25, -0.2) is 9.98 Å². The molecule has 0 radical (unpaired) electrons. The summed E-state index contributed by atoms with van der Waals surface area (Å²) in [7, 11) is 3.26. The van der Waals surface area contributed by atoms with Crippen molar-refractivity contribution in [3.05, 3.63) is 143 Å². The lowest BCUT2D eigenvalue weighted by Gasteiger charge is -2.40. The van der Waals surface area contributed by atoms with E-state index in [1.54, 1.807) is 49.4 Å². The largest absolute Gasteiger partial charge is 0.497 e. The normalized spacial score (nSPS) is 24.9. The molecule has 1 unspecified atom stereocenters. The standard InChI is InChI=1S/C39H38N6O6/c1-48-29-17-13-27(14-18-29)38(26-11-7-4-8-12-26,28-15-19-30(49-2)20-16-28)50-22-37-21-41-31(34(37)47)36(51-37)45-24-43-32-35(45)42-23-44-39(32,40)33(46)25-9-5-3-6-10-25/h3-20,23-24,31,34,36,41,47H,21-22,40H2,1-2H3,(H,42,44)/t31-,34-,36-,37-,39?/m1/s1. The highest BCUT2D eigenvalue weighted by molar-refractivity contribution is 6.05. The first-order valence-electron chi connectivity index (χ1n) is 16.7. The van der Waals surface area contributed by atoms with Crippen molar-refractivity contribution < 1.29 is 28.8 Å². The Morgan fingerprint density at radius 1 is 0.922 bits per heavy atom. The Morgan fingerprint density at radius 2 is 1.51 bits per heavy atom. The SMILES string of the molecule is COc1ccc(C(OC[C@@]23CN[C@@H]([C@H](n4cnc5c4N=CNC5(N)C(=O)c4ccccc4)O2)[C@H]3O)(c2ccccc2)c2ccc(OC)cc2)cc1. The van der Waals surface area contributed by atoms with Crippen molar-refractivity contribution in [1.82, 2.24) is 20.2 Å². The number of fused-ring (bicyclic) bond motifs is 3. The molecule has 5 atom stereocenters. The zero-order chi connectivity index (χ0) is 35.2. The first kappa shape index (κ1) is 32.8. The number of aliphatic hydroxyl groups is 1. The highest BCUT2D eigenvalue weighted by Crippen LogP contribution is 2.48. The second kappa shape index (κ2) is 12.7. The zero-order valence-corrected chi connectivity index (χ0v) is 28.1. The number of carbonyl (C=O) groups excluding carboxylic acids is 1. The van der Waals surface area contributed by atoms with Crippen molar-refractivity contribution >= 4 is 17.9 Å². The number of aromatic nitrogens is 2. The molecule has 8 rings (SSSR count). The Balaban J connectivity index is 1.15. The van der Waals surface area contributed by atoms with Gasteiger partial charge in [0.05, 0.1) is 39.5 Å². The minimum Gasteiger partial charge on any atom is -0.497 e. The smallest absolute Gasteiger partial charge is 0.209 e. The average molecular weight is 687 g/mol. The molecular formula is C39H38N6O6. The van der Waals surface area contributed by atoms with Crippen LogP contribution in [0.5, 0.6) is 11.5 Å². The molecule has 12 heteroatoms. The van der Waals surface area contributed by atoms with Gasteiger partial charge >= 0.3 is 0 Å². The molecule has 12 nitrogen and oxygen atoms in total. The molecule has 4 aromatic carbocycles. The quantitative estimate of drug-likeness (QED) is 0.119. The van der Waals surface area contributed by atoms with Gasteiger partial charge in [0.15, 0.2) is 17.7 Å². The van der Waals surface area contributed by atoms with Crippen LogP contribution in [0.25, 0.3) is 0 Å². The summed E-state index contributed by atoms with van der Waals surface area (Å²) in [5.74, 6) is 1.43. The van der Waals surface area contributed by atoms with E-state index in [0.717, 1.165) is 16.7 Å². The number of rotatable bonds is 11. The number of nitrogens with zero attached hydrogens (tertiary/aromatic N) is 3. The highest BCUT2D eigenvalue weighted by Gasteiger charge is 2.62. The second-order valence-electron chi connectivity index (χ2n) is 12.9. The summed E-state index contributed by atoms with van der Waals surface area (Å²) in [6.07, 6.45) is 1.26. The van der Waals surface area contributed by atoms with E-state index in [9.17, 15) is 9.90 Å². The van der Waals surface area contributed by atoms with Crippen LogP contribution in [0.4, 0.5) is 5.82 Å². The van der Waals surface area contributed by atoms with Gasteiger partial charge in [0.25, 0.3) is 0 Å². The van der Waals surface area contributed by atoms with Gasteiger partial charge in [0.2, 0.25) is 5.78 Å². The third kappa shape index (κ3) is 5.22. The maximum atomic E-state index is 13.6. The van der Waals surface area contributed by atoms with E-state index in [2.05, 4.69) is 20.6 Å². The van der Waals surface area contributed by atoms with E-state index in [-0.39, 0.29) is 18.1 Å². The van der Waals surface area contributed by atoms with Crippen LogP contribution in [0.2, 0.25) is 0 Å². The van der Waals surface area contributed by atoms with Gasteiger partial charge in [-0.05, 0) is 41.0 Å². The molecule has 2 fully saturated rings. The molecule has 5 N–H and O–H groups in total. The van der Waals surface area contributed by atoms with Crippen molar-refractivity contribution in [3.8, 4) is 11.5 Å². The monoisotopic (exact) mass is 686 g/mol. The maximum absolute atomic E-state index is 13.6. The molecule has 2 bridgehead atoms. The molecule has 3 aliphatic heterocycles. The van der Waals surface area contributed by atoms with Crippen molar-refractivity contribution in [2.45, 2.75) is 35.2 Å². The molecule has 2 saturated heterocycles. The first-order chi connectivity index (χ1) is 24.8. The van der Waals surface area contributed by atoms with E-state index in [0.29, 0.717) is 29.4 Å². The van der Waals surface area contributed by atoms with Gasteiger partial charge in [-0.15, -0.1) is 0 Å². The number of morpholine rings is 1. The van der Waals surface area contributed by atoms with E-state index >= 15 is 0 Å². The minimum atomic E-state index is -1.65. The number of nitrogens with one attached hydrogen (secondary N) is 2. The number of aliphatic hydroxyl groups excluding tert-OH is 1. The van der Waals surface area contributed by atoms with E-state index in [4.69, 9.17) is 24.7 Å². The zero-order valence-electron chi connectivity index (χ0n) is 28.1. The summed E-state index contributed by atoms with van der Waals surface area (Å²) in [6.45, 7) is 0.344. The summed E-state index contributed by atoms with van der Waals surface area (Å²) >= 11 is 0. The predicted octanol–water partition coefficient (Wildman–Crippen LogP) is 3.77. The highest BCUT2D eigenvalue weighted by atomic mass is 16.6. The fraction of sp³-hybridized carbons (Fsp3) is 0.256. The second-order valence-corrected chi connectivity index (χ2v) is 12.9. The number of imidazole rings is 1. The molecular weight excluding hydrogens is 648 g/mol.